The van der Waals surface area contributed by atoms with Gasteiger partial charge in [0, 0.05) is 38.5 Å². The number of pyridine rings is 1. The van der Waals surface area contributed by atoms with Crippen LogP contribution in [-0.4, -0.2) is 14.1 Å². The molecule has 0 atom stereocenters. The first-order valence-electron chi connectivity index (χ1n) is 17.7. The molecule has 0 amide bonds. The third-order valence-electron chi connectivity index (χ3n) is 10.1. The Morgan fingerprint density at radius 2 is 0.827 bits per heavy atom. The SMILES string of the molecule is c1ccc(-c2cc(-c3ccccc3)nc(-n3c(-c4cccc(-n5c6ccccc6c6ccccc65)c4)c(-c4ccccc4)c4ccccc43)c2)cc1. The van der Waals surface area contributed by atoms with Gasteiger partial charge in [-0.05, 0) is 59.2 Å². The van der Waals surface area contributed by atoms with E-state index in [0.29, 0.717) is 0 Å². The summed E-state index contributed by atoms with van der Waals surface area (Å²) in [6, 6.07) is 71.5. The second-order valence-electron chi connectivity index (χ2n) is 13.2. The first kappa shape index (κ1) is 29.9. The maximum absolute atomic E-state index is 5.45. The van der Waals surface area contributed by atoms with Gasteiger partial charge in [0.1, 0.15) is 5.82 Å². The summed E-state index contributed by atoms with van der Waals surface area (Å²) in [5, 5.41) is 3.68. The number of benzene rings is 7. The molecule has 0 fully saturated rings. The van der Waals surface area contributed by atoms with Gasteiger partial charge in [-0.25, -0.2) is 4.98 Å². The van der Waals surface area contributed by atoms with Gasteiger partial charge in [0.15, 0.2) is 0 Å². The Kier molecular flexibility index (Phi) is 7.14. The fraction of sp³-hybridized carbons (Fsp3) is 0. The molecule has 3 aromatic heterocycles. The molecule has 0 unspecified atom stereocenters. The highest BCUT2D eigenvalue weighted by atomic mass is 15.1. The lowest BCUT2D eigenvalue weighted by molar-refractivity contribution is 1.05. The van der Waals surface area contributed by atoms with E-state index in [2.05, 4.69) is 209 Å². The Bertz CT molecular complexity index is 2770. The average Bonchev–Trinajstić information content (AvgIpc) is 3.75. The minimum absolute atomic E-state index is 0.871. The summed E-state index contributed by atoms with van der Waals surface area (Å²) in [6.07, 6.45) is 0. The van der Waals surface area contributed by atoms with E-state index in [0.717, 1.165) is 56.2 Å². The lowest BCUT2D eigenvalue weighted by atomic mass is 9.98. The summed E-state index contributed by atoms with van der Waals surface area (Å²) >= 11 is 0. The normalized spacial score (nSPS) is 11.5. The van der Waals surface area contributed by atoms with Crippen LogP contribution in [-0.2, 0) is 0 Å². The molecule has 10 aromatic rings. The molecule has 3 nitrogen and oxygen atoms in total. The lowest BCUT2D eigenvalue weighted by Crippen LogP contribution is -2.03. The van der Waals surface area contributed by atoms with Crippen LogP contribution in [0.4, 0.5) is 0 Å². The molecule has 0 aliphatic carbocycles. The number of aromatic nitrogens is 3. The summed E-state index contributed by atoms with van der Waals surface area (Å²) in [6.45, 7) is 0. The Hall–Kier alpha value is -6.97. The van der Waals surface area contributed by atoms with Crippen molar-refractivity contribution in [3.8, 4) is 56.3 Å². The summed E-state index contributed by atoms with van der Waals surface area (Å²) in [5.74, 6) is 0.871. The Morgan fingerprint density at radius 3 is 1.46 bits per heavy atom. The van der Waals surface area contributed by atoms with E-state index in [-0.39, 0.29) is 0 Å². The quantitative estimate of drug-likeness (QED) is 0.174. The maximum Gasteiger partial charge on any atom is 0.138 e. The zero-order valence-corrected chi connectivity index (χ0v) is 28.4. The van der Waals surface area contributed by atoms with E-state index >= 15 is 0 Å². The van der Waals surface area contributed by atoms with Crippen LogP contribution in [0.5, 0.6) is 0 Å². The highest BCUT2D eigenvalue weighted by molar-refractivity contribution is 6.10. The van der Waals surface area contributed by atoms with E-state index in [1.54, 1.807) is 0 Å². The predicted molar refractivity (Wildman–Crippen MR) is 217 cm³/mol. The lowest BCUT2D eigenvalue weighted by Gasteiger charge is -2.17. The fourth-order valence-electron chi connectivity index (χ4n) is 7.83. The van der Waals surface area contributed by atoms with Crippen molar-refractivity contribution in [2.75, 3.05) is 0 Å². The van der Waals surface area contributed by atoms with Gasteiger partial charge in [-0.1, -0.05) is 158 Å². The molecule has 0 N–H and O–H groups in total. The summed E-state index contributed by atoms with van der Waals surface area (Å²) in [5.41, 5.74) is 13.4. The minimum atomic E-state index is 0.871. The van der Waals surface area contributed by atoms with Crippen LogP contribution in [0, 0.1) is 0 Å². The molecule has 52 heavy (non-hydrogen) atoms. The van der Waals surface area contributed by atoms with Crippen LogP contribution in [0.2, 0.25) is 0 Å². The monoisotopic (exact) mass is 663 g/mol. The molecule has 3 heteroatoms. The number of nitrogens with zero attached hydrogens (tertiary/aromatic N) is 3. The Labute approximate surface area is 302 Å². The summed E-state index contributed by atoms with van der Waals surface area (Å²) in [7, 11) is 0. The third-order valence-corrected chi connectivity index (χ3v) is 10.1. The van der Waals surface area contributed by atoms with E-state index in [1.807, 2.05) is 0 Å². The van der Waals surface area contributed by atoms with Crippen molar-refractivity contribution in [3.05, 3.63) is 200 Å². The van der Waals surface area contributed by atoms with Crippen molar-refractivity contribution in [1.29, 1.82) is 0 Å². The molecule has 244 valence electrons. The van der Waals surface area contributed by atoms with E-state index < -0.39 is 0 Å². The predicted octanol–water partition coefficient (Wildman–Crippen LogP) is 12.8. The number of rotatable bonds is 6. The molecular formula is C49H33N3. The molecule has 10 rings (SSSR count). The van der Waals surface area contributed by atoms with Gasteiger partial charge in [-0.2, -0.15) is 0 Å². The molecule has 0 spiro atoms. The van der Waals surface area contributed by atoms with Crippen molar-refractivity contribution in [2.45, 2.75) is 0 Å². The van der Waals surface area contributed by atoms with Gasteiger partial charge in [0.25, 0.3) is 0 Å². The van der Waals surface area contributed by atoms with Crippen LogP contribution in [0.25, 0.3) is 89.0 Å². The van der Waals surface area contributed by atoms with Gasteiger partial charge in [0.2, 0.25) is 0 Å². The van der Waals surface area contributed by atoms with E-state index in [1.165, 1.54) is 32.8 Å². The van der Waals surface area contributed by atoms with Crippen LogP contribution < -0.4 is 0 Å². The molecule has 3 heterocycles. The van der Waals surface area contributed by atoms with Gasteiger partial charge in [0.05, 0.1) is 27.9 Å². The Morgan fingerprint density at radius 1 is 0.327 bits per heavy atom. The second-order valence-corrected chi connectivity index (χ2v) is 13.2. The topological polar surface area (TPSA) is 22.8 Å². The summed E-state index contributed by atoms with van der Waals surface area (Å²) in [4.78, 5) is 5.45. The molecule has 0 radical (unpaired) electrons. The highest BCUT2D eigenvalue weighted by Crippen LogP contribution is 2.44. The fourth-order valence-corrected chi connectivity index (χ4v) is 7.83. The third kappa shape index (κ3) is 4.94. The molecule has 7 aromatic carbocycles. The highest BCUT2D eigenvalue weighted by Gasteiger charge is 2.23. The standard InChI is InChI=1S/C49H33N3/c1-4-17-34(18-5-1)38-32-43(35-19-6-2-7-20-35)50-47(33-38)52-46-30-15-12-27-42(46)48(36-21-8-3-9-22-36)49(52)37-23-16-24-39(31-37)51-44-28-13-10-25-40(44)41-26-11-14-29-45(41)51/h1-33H. The van der Waals surface area contributed by atoms with Crippen molar-refractivity contribution in [3.63, 3.8) is 0 Å². The van der Waals surface area contributed by atoms with Crippen molar-refractivity contribution >= 4 is 32.7 Å². The van der Waals surface area contributed by atoms with Crippen LogP contribution in [0.1, 0.15) is 0 Å². The van der Waals surface area contributed by atoms with Crippen molar-refractivity contribution in [2.24, 2.45) is 0 Å². The molecule has 0 aliphatic heterocycles. The van der Waals surface area contributed by atoms with Crippen LogP contribution in [0.3, 0.4) is 0 Å². The molecule has 0 bridgehead atoms. The molecular weight excluding hydrogens is 631 g/mol. The summed E-state index contributed by atoms with van der Waals surface area (Å²) < 4.78 is 4.77. The van der Waals surface area contributed by atoms with Crippen LogP contribution in [0.15, 0.2) is 200 Å². The van der Waals surface area contributed by atoms with E-state index in [9.17, 15) is 0 Å². The van der Waals surface area contributed by atoms with Crippen molar-refractivity contribution < 1.29 is 0 Å². The maximum atomic E-state index is 5.45. The second kappa shape index (κ2) is 12.4. The first-order chi connectivity index (χ1) is 25.8. The van der Waals surface area contributed by atoms with E-state index in [4.69, 9.17) is 4.98 Å². The Balaban J connectivity index is 1.30. The zero-order valence-electron chi connectivity index (χ0n) is 28.4. The minimum Gasteiger partial charge on any atom is -0.309 e. The van der Waals surface area contributed by atoms with Crippen LogP contribution >= 0.6 is 0 Å². The van der Waals surface area contributed by atoms with Gasteiger partial charge >= 0.3 is 0 Å². The molecule has 0 saturated carbocycles. The number of hydrogen-bond acceptors (Lipinski definition) is 1. The number of para-hydroxylation sites is 3. The largest absolute Gasteiger partial charge is 0.309 e. The van der Waals surface area contributed by atoms with Crippen molar-refractivity contribution in [1.82, 2.24) is 14.1 Å². The number of hydrogen-bond donors (Lipinski definition) is 0. The first-order valence-corrected chi connectivity index (χ1v) is 17.7. The average molecular weight is 664 g/mol. The number of fused-ring (bicyclic) bond motifs is 4. The van der Waals surface area contributed by atoms with Gasteiger partial charge < -0.3 is 4.57 Å². The van der Waals surface area contributed by atoms with Gasteiger partial charge in [-0.3, -0.25) is 4.57 Å². The molecule has 0 saturated heterocycles. The zero-order chi connectivity index (χ0) is 34.4. The molecule has 0 aliphatic rings. The smallest absolute Gasteiger partial charge is 0.138 e. The van der Waals surface area contributed by atoms with Gasteiger partial charge in [-0.15, -0.1) is 0 Å².